The molecule has 190 valence electrons. The molecule has 3 heterocycles. The predicted molar refractivity (Wildman–Crippen MR) is 133 cm³/mol. The van der Waals surface area contributed by atoms with Crippen molar-refractivity contribution < 1.29 is 39.2 Å². The van der Waals surface area contributed by atoms with E-state index in [1.54, 1.807) is 12.1 Å². The number of hydrogen-bond acceptors (Lipinski definition) is 8. The van der Waals surface area contributed by atoms with Gasteiger partial charge in [0.05, 0.1) is 28.2 Å². The molecule has 1 atom stereocenters. The Morgan fingerprint density at radius 3 is 2.37 bits per heavy atom. The number of aliphatic hydroxyl groups is 1. The van der Waals surface area contributed by atoms with Crippen LogP contribution in [0.3, 0.4) is 0 Å². The summed E-state index contributed by atoms with van der Waals surface area (Å²) in [4.78, 5) is 46.6. The summed E-state index contributed by atoms with van der Waals surface area (Å²) in [7, 11) is 0. The van der Waals surface area contributed by atoms with Crippen molar-refractivity contribution in [2.24, 2.45) is 0 Å². The van der Waals surface area contributed by atoms with Crippen molar-refractivity contribution in [3.8, 4) is 17.2 Å². The molecule has 0 saturated carbocycles. The fourth-order valence-electron chi connectivity index (χ4n) is 4.61. The third-order valence-electron chi connectivity index (χ3n) is 6.41. The van der Waals surface area contributed by atoms with Crippen LogP contribution in [0.25, 0.3) is 16.8 Å². The van der Waals surface area contributed by atoms with Gasteiger partial charge in [0.25, 0.3) is 5.78 Å². The summed E-state index contributed by atoms with van der Waals surface area (Å²) in [5, 5.41) is 30.5. The number of rotatable bonds is 4. The molecule has 1 amide bonds. The van der Waals surface area contributed by atoms with Crippen molar-refractivity contribution in [2.75, 3.05) is 18.1 Å². The van der Waals surface area contributed by atoms with Crippen molar-refractivity contribution in [3.63, 3.8) is 0 Å². The van der Waals surface area contributed by atoms with Gasteiger partial charge in [0, 0.05) is 5.56 Å². The van der Waals surface area contributed by atoms with Crippen LogP contribution in [0.4, 0.5) is 5.95 Å². The number of carboxylic acids is 1. The maximum absolute atomic E-state index is 13.4. The lowest BCUT2D eigenvalue weighted by Gasteiger charge is -2.23. The Kier molecular flexibility index (Phi) is 5.26. The number of fused-ring (bicyclic) bond motifs is 2. The number of carbonyl (C=O) groups excluding carboxylic acids is 2. The first-order valence-corrected chi connectivity index (χ1v) is 11.5. The Morgan fingerprint density at radius 1 is 0.921 bits per heavy atom. The van der Waals surface area contributed by atoms with Gasteiger partial charge < -0.3 is 29.8 Å². The molecule has 11 nitrogen and oxygen atoms in total. The highest BCUT2D eigenvalue weighted by atomic mass is 16.6. The number of hydrogen-bond donors (Lipinski definition) is 4. The molecule has 0 radical (unpaired) electrons. The molecule has 0 spiro atoms. The highest BCUT2D eigenvalue weighted by Crippen LogP contribution is 2.43. The van der Waals surface area contributed by atoms with Crippen LogP contribution in [0.2, 0.25) is 0 Å². The lowest BCUT2D eigenvalue weighted by Crippen LogP contribution is -2.30. The van der Waals surface area contributed by atoms with Gasteiger partial charge in [0.2, 0.25) is 5.95 Å². The van der Waals surface area contributed by atoms with E-state index in [4.69, 9.17) is 9.47 Å². The SMILES string of the molecule is O=C1C(=O)N(c2nc3ccc(C(=O)O)cc3[nH]2)C(c2ccc(O)cc2)/C1=C(\O)c1ccc2c(c1)OCCO2. The Hall–Kier alpha value is -5.32. The first-order valence-electron chi connectivity index (χ1n) is 11.5. The Bertz CT molecular complexity index is 1670. The zero-order valence-corrected chi connectivity index (χ0v) is 19.5. The second-order valence-electron chi connectivity index (χ2n) is 8.72. The van der Waals surface area contributed by atoms with E-state index in [1.165, 1.54) is 48.5 Å². The van der Waals surface area contributed by atoms with E-state index in [2.05, 4.69) is 9.97 Å². The van der Waals surface area contributed by atoms with Gasteiger partial charge in [0.1, 0.15) is 24.7 Å². The predicted octanol–water partition coefficient (Wildman–Crippen LogP) is 3.36. The van der Waals surface area contributed by atoms with E-state index in [1.807, 2.05) is 0 Å². The monoisotopic (exact) mass is 513 g/mol. The van der Waals surface area contributed by atoms with Crippen LogP contribution in [0.1, 0.15) is 27.5 Å². The van der Waals surface area contributed by atoms with Gasteiger partial charge >= 0.3 is 11.9 Å². The molecule has 6 rings (SSSR count). The standard InChI is InChI=1S/C27H19N3O8/c31-16-5-1-13(2-6-16)22-21(23(32)14-4-8-19-20(12-14)38-10-9-37-19)24(33)25(34)30(22)27-28-17-7-3-15(26(35)36)11-18(17)29-27/h1-8,11-12,22,31-32H,9-10H2,(H,28,29)(H,35,36)/b23-21+. The number of nitrogens with one attached hydrogen (secondary N) is 1. The van der Waals surface area contributed by atoms with Crippen LogP contribution in [0.5, 0.6) is 17.2 Å². The maximum atomic E-state index is 13.4. The number of aliphatic hydroxyl groups excluding tert-OH is 1. The molecule has 1 saturated heterocycles. The number of phenolic OH excluding ortho intramolecular Hbond substituents is 1. The fraction of sp³-hybridized carbons (Fsp3) is 0.111. The first-order chi connectivity index (χ1) is 18.3. The van der Waals surface area contributed by atoms with Crippen LogP contribution in [0, 0.1) is 0 Å². The number of carboxylic acid groups (broad SMARTS) is 1. The third-order valence-corrected chi connectivity index (χ3v) is 6.41. The fourth-order valence-corrected chi connectivity index (χ4v) is 4.61. The van der Waals surface area contributed by atoms with Crippen molar-refractivity contribution in [3.05, 3.63) is 82.9 Å². The highest BCUT2D eigenvalue weighted by Gasteiger charge is 2.48. The van der Waals surface area contributed by atoms with E-state index in [0.29, 0.717) is 41.3 Å². The molecule has 1 aromatic heterocycles. The number of Topliss-reactive ketones (excluding diaryl/α,β-unsaturated/α-hetero) is 1. The second-order valence-corrected chi connectivity index (χ2v) is 8.72. The number of aromatic hydroxyl groups is 1. The highest BCUT2D eigenvalue weighted by molar-refractivity contribution is 6.51. The number of imidazole rings is 1. The molecule has 11 heteroatoms. The van der Waals surface area contributed by atoms with Gasteiger partial charge in [-0.05, 0) is 54.1 Å². The van der Waals surface area contributed by atoms with Gasteiger partial charge in [-0.15, -0.1) is 0 Å². The van der Waals surface area contributed by atoms with Crippen LogP contribution >= 0.6 is 0 Å². The van der Waals surface area contributed by atoms with Gasteiger partial charge in [0.15, 0.2) is 11.5 Å². The second kappa shape index (κ2) is 8.66. The largest absolute Gasteiger partial charge is 0.508 e. The number of carbonyl (C=O) groups is 3. The van der Waals surface area contributed by atoms with E-state index in [-0.39, 0.29) is 28.4 Å². The van der Waals surface area contributed by atoms with Gasteiger partial charge in [-0.3, -0.25) is 14.5 Å². The number of anilines is 1. The molecule has 38 heavy (non-hydrogen) atoms. The number of aromatic amines is 1. The van der Waals surface area contributed by atoms with Crippen molar-refractivity contribution >= 4 is 40.4 Å². The molecule has 0 aliphatic carbocycles. The van der Waals surface area contributed by atoms with E-state index >= 15 is 0 Å². The number of ketones is 1. The summed E-state index contributed by atoms with van der Waals surface area (Å²) in [6.07, 6.45) is 0. The normalized spacial score (nSPS) is 18.2. The lowest BCUT2D eigenvalue weighted by atomic mass is 9.95. The minimum atomic E-state index is -1.13. The summed E-state index contributed by atoms with van der Waals surface area (Å²) in [5.41, 5.74) is 1.22. The van der Waals surface area contributed by atoms with Crippen LogP contribution in [-0.2, 0) is 9.59 Å². The number of aromatic nitrogens is 2. The summed E-state index contributed by atoms with van der Waals surface area (Å²) in [6, 6.07) is 13.7. The Morgan fingerprint density at radius 2 is 1.63 bits per heavy atom. The number of ether oxygens (including phenoxy) is 2. The number of benzene rings is 3. The smallest absolute Gasteiger partial charge is 0.335 e. The zero-order valence-electron chi connectivity index (χ0n) is 19.5. The minimum absolute atomic E-state index is 0.0102. The van der Waals surface area contributed by atoms with Crippen LogP contribution < -0.4 is 14.4 Å². The zero-order chi connectivity index (χ0) is 26.6. The molecule has 1 unspecified atom stereocenters. The van der Waals surface area contributed by atoms with Gasteiger partial charge in [-0.1, -0.05) is 12.1 Å². The van der Waals surface area contributed by atoms with Crippen molar-refractivity contribution in [2.45, 2.75) is 6.04 Å². The van der Waals surface area contributed by atoms with Crippen molar-refractivity contribution in [1.82, 2.24) is 9.97 Å². The first kappa shape index (κ1) is 23.1. The number of amides is 1. The summed E-state index contributed by atoms with van der Waals surface area (Å²) in [6.45, 7) is 0.709. The average Bonchev–Trinajstić information content (AvgIpc) is 3.46. The van der Waals surface area contributed by atoms with E-state index in [0.717, 1.165) is 4.90 Å². The molecular formula is C27H19N3O8. The number of aromatic carboxylic acids is 1. The molecule has 2 aliphatic heterocycles. The molecule has 1 fully saturated rings. The quantitative estimate of drug-likeness (QED) is 0.182. The average molecular weight is 513 g/mol. The van der Waals surface area contributed by atoms with E-state index < -0.39 is 29.5 Å². The molecule has 4 aromatic rings. The van der Waals surface area contributed by atoms with Crippen molar-refractivity contribution in [1.29, 1.82) is 0 Å². The Labute approximate surface area is 214 Å². The summed E-state index contributed by atoms with van der Waals surface area (Å²) < 4.78 is 11.1. The molecule has 4 N–H and O–H groups in total. The molecule has 2 aliphatic rings. The van der Waals surface area contributed by atoms with E-state index in [9.17, 15) is 29.7 Å². The Balaban J connectivity index is 1.52. The van der Waals surface area contributed by atoms with Gasteiger partial charge in [-0.25, -0.2) is 9.78 Å². The summed E-state index contributed by atoms with van der Waals surface area (Å²) >= 11 is 0. The van der Waals surface area contributed by atoms with Crippen LogP contribution in [0.15, 0.2) is 66.2 Å². The third kappa shape index (κ3) is 3.68. The molecular weight excluding hydrogens is 494 g/mol. The van der Waals surface area contributed by atoms with Gasteiger partial charge in [-0.2, -0.15) is 0 Å². The number of H-pyrrole nitrogens is 1. The minimum Gasteiger partial charge on any atom is -0.508 e. The topological polar surface area (TPSA) is 162 Å². The summed E-state index contributed by atoms with van der Waals surface area (Å²) in [5.74, 6) is -2.60. The maximum Gasteiger partial charge on any atom is 0.335 e. The molecule has 0 bridgehead atoms. The van der Waals surface area contributed by atoms with Crippen LogP contribution in [-0.4, -0.2) is 56.2 Å². The number of phenols is 1. The lowest BCUT2D eigenvalue weighted by molar-refractivity contribution is -0.132. The number of nitrogens with zero attached hydrogens (tertiary/aromatic N) is 2. The molecule has 3 aromatic carbocycles.